The average molecular weight is 338 g/mol. The quantitative estimate of drug-likeness (QED) is 0.467. The smallest absolute Gasteiger partial charge is 0.271 e. The van der Waals surface area contributed by atoms with Crippen LogP contribution in [0.15, 0.2) is 47.6 Å². The molecule has 0 spiro atoms. The van der Waals surface area contributed by atoms with Crippen molar-refractivity contribution in [3.8, 4) is 0 Å². The molecule has 0 amide bonds. The lowest BCUT2D eigenvalue weighted by molar-refractivity contribution is -0.384. The number of non-ortho nitro benzene ring substituents is 1. The number of nitrogens with one attached hydrogen (secondary N) is 1. The number of hydrazone groups is 1. The van der Waals surface area contributed by atoms with Gasteiger partial charge in [0.25, 0.3) is 5.69 Å². The van der Waals surface area contributed by atoms with Gasteiger partial charge in [0.15, 0.2) is 0 Å². The zero-order valence-electron chi connectivity index (χ0n) is 11.7. The number of anilines is 1. The molecule has 114 valence electrons. The molecule has 0 fully saturated rings. The average Bonchev–Trinajstić information content (AvgIpc) is 2.51. The van der Waals surface area contributed by atoms with Gasteiger partial charge >= 0.3 is 0 Å². The minimum absolute atomic E-state index is 0.00721. The Balaban J connectivity index is 2.24. The fraction of sp³-hybridized carbons (Fsp3) is 0.133. The third-order valence-electron chi connectivity index (χ3n) is 2.96. The van der Waals surface area contributed by atoms with Crippen LogP contribution in [0.4, 0.5) is 11.4 Å². The van der Waals surface area contributed by atoms with Gasteiger partial charge < -0.3 is 0 Å². The van der Waals surface area contributed by atoms with E-state index in [0.717, 1.165) is 11.3 Å². The zero-order chi connectivity index (χ0) is 16.1. The normalized spacial score (nSPS) is 11.3. The standard InChI is InChI=1S/C15H13Cl2N3O2/c1-2-15(10-6-7-13(16)14(17)8-10)19-18-11-4-3-5-12(9-11)20(21)22/h3-9,18H,2H2,1H3/b19-15-. The molecule has 5 nitrogen and oxygen atoms in total. The van der Waals surface area contributed by atoms with Gasteiger partial charge in [-0.05, 0) is 30.2 Å². The van der Waals surface area contributed by atoms with Crippen molar-refractivity contribution in [2.24, 2.45) is 5.10 Å². The minimum Gasteiger partial charge on any atom is -0.278 e. The van der Waals surface area contributed by atoms with Crippen LogP contribution in [-0.4, -0.2) is 10.6 Å². The van der Waals surface area contributed by atoms with E-state index in [0.29, 0.717) is 22.2 Å². The summed E-state index contributed by atoms with van der Waals surface area (Å²) in [6.07, 6.45) is 0.667. The molecule has 0 atom stereocenters. The summed E-state index contributed by atoms with van der Waals surface area (Å²) in [5.74, 6) is 0. The number of halogens is 2. The Kier molecular flexibility index (Phi) is 5.35. The van der Waals surface area contributed by atoms with Crippen molar-refractivity contribution in [1.29, 1.82) is 0 Å². The molecule has 7 heteroatoms. The van der Waals surface area contributed by atoms with Gasteiger partial charge in [-0.15, -0.1) is 0 Å². The Bertz CT molecular complexity index is 732. The first-order valence-corrected chi connectivity index (χ1v) is 7.29. The number of nitro benzene ring substituents is 1. The largest absolute Gasteiger partial charge is 0.278 e. The molecule has 2 rings (SSSR count). The zero-order valence-corrected chi connectivity index (χ0v) is 13.2. The lowest BCUT2D eigenvalue weighted by Crippen LogP contribution is -2.03. The molecule has 0 aliphatic heterocycles. The Morgan fingerprint density at radius 3 is 2.64 bits per heavy atom. The summed E-state index contributed by atoms with van der Waals surface area (Å²) in [6, 6.07) is 11.4. The molecule has 1 N–H and O–H groups in total. The van der Waals surface area contributed by atoms with Gasteiger partial charge in [-0.1, -0.05) is 42.3 Å². The maximum absolute atomic E-state index is 10.8. The fourth-order valence-corrected chi connectivity index (χ4v) is 2.14. The predicted octanol–water partition coefficient (Wildman–Crippen LogP) is 5.13. The van der Waals surface area contributed by atoms with Crippen molar-refractivity contribution in [2.45, 2.75) is 13.3 Å². The van der Waals surface area contributed by atoms with Crippen LogP contribution in [0.3, 0.4) is 0 Å². The van der Waals surface area contributed by atoms with Gasteiger partial charge in [0, 0.05) is 12.1 Å². The summed E-state index contributed by atoms with van der Waals surface area (Å²) >= 11 is 11.9. The van der Waals surface area contributed by atoms with Crippen molar-refractivity contribution in [2.75, 3.05) is 5.43 Å². The lowest BCUT2D eigenvalue weighted by Gasteiger charge is -2.07. The number of hydrogen-bond donors (Lipinski definition) is 1. The molecule has 0 saturated heterocycles. The second-order valence-electron chi connectivity index (χ2n) is 4.46. The number of nitro groups is 1. The molecule has 0 aliphatic carbocycles. The highest BCUT2D eigenvalue weighted by atomic mass is 35.5. The number of rotatable bonds is 5. The SMILES string of the molecule is CC/C(=N/Nc1cccc([N+](=O)[O-])c1)c1ccc(Cl)c(Cl)c1. The summed E-state index contributed by atoms with van der Waals surface area (Å²) < 4.78 is 0. The molecule has 0 aliphatic rings. The summed E-state index contributed by atoms with van der Waals surface area (Å²) in [4.78, 5) is 10.3. The van der Waals surface area contributed by atoms with Gasteiger partial charge in [-0.2, -0.15) is 5.10 Å². The van der Waals surface area contributed by atoms with Gasteiger partial charge in [-0.25, -0.2) is 0 Å². The third kappa shape index (κ3) is 3.96. The van der Waals surface area contributed by atoms with Gasteiger partial charge in [0.05, 0.1) is 26.4 Å². The van der Waals surface area contributed by atoms with E-state index in [9.17, 15) is 10.1 Å². The van der Waals surface area contributed by atoms with Gasteiger partial charge in [0.1, 0.15) is 0 Å². The topological polar surface area (TPSA) is 67.5 Å². The fourth-order valence-electron chi connectivity index (χ4n) is 1.84. The van der Waals surface area contributed by atoms with Crippen molar-refractivity contribution >= 4 is 40.3 Å². The molecular formula is C15H13Cl2N3O2. The van der Waals surface area contributed by atoms with Crippen LogP contribution in [0, 0.1) is 10.1 Å². The van der Waals surface area contributed by atoms with E-state index in [2.05, 4.69) is 10.5 Å². The van der Waals surface area contributed by atoms with Crippen LogP contribution in [0.2, 0.25) is 10.0 Å². The van der Waals surface area contributed by atoms with Gasteiger partial charge in [0.2, 0.25) is 0 Å². The summed E-state index contributed by atoms with van der Waals surface area (Å²) in [6.45, 7) is 1.95. The minimum atomic E-state index is -0.450. The van der Waals surface area contributed by atoms with Crippen LogP contribution in [-0.2, 0) is 0 Å². The molecule has 2 aromatic rings. The van der Waals surface area contributed by atoms with Crippen molar-refractivity contribution in [1.82, 2.24) is 0 Å². The van der Waals surface area contributed by atoms with E-state index in [-0.39, 0.29) is 5.69 Å². The van der Waals surface area contributed by atoms with Crippen LogP contribution in [0.25, 0.3) is 0 Å². The first-order valence-electron chi connectivity index (χ1n) is 6.53. The van der Waals surface area contributed by atoms with E-state index < -0.39 is 4.92 Å². The van der Waals surface area contributed by atoms with E-state index in [1.807, 2.05) is 13.0 Å². The molecule has 0 radical (unpaired) electrons. The van der Waals surface area contributed by atoms with Gasteiger partial charge in [-0.3, -0.25) is 15.5 Å². The molecule has 0 heterocycles. The maximum Gasteiger partial charge on any atom is 0.271 e. The summed E-state index contributed by atoms with van der Waals surface area (Å²) in [7, 11) is 0. The van der Waals surface area contributed by atoms with Crippen molar-refractivity contribution in [3.63, 3.8) is 0 Å². The highest BCUT2D eigenvalue weighted by molar-refractivity contribution is 6.42. The molecule has 2 aromatic carbocycles. The Morgan fingerprint density at radius 2 is 2.00 bits per heavy atom. The summed E-state index contributed by atoms with van der Waals surface area (Å²) in [5, 5.41) is 16.0. The molecule has 0 aromatic heterocycles. The molecule has 0 saturated carbocycles. The third-order valence-corrected chi connectivity index (χ3v) is 3.70. The Labute approximate surface area is 137 Å². The molecular weight excluding hydrogens is 325 g/mol. The van der Waals surface area contributed by atoms with E-state index in [1.54, 1.807) is 24.3 Å². The van der Waals surface area contributed by atoms with E-state index in [1.165, 1.54) is 12.1 Å². The first kappa shape index (κ1) is 16.3. The van der Waals surface area contributed by atoms with Crippen LogP contribution >= 0.6 is 23.2 Å². The second-order valence-corrected chi connectivity index (χ2v) is 5.27. The molecule has 0 bridgehead atoms. The number of hydrogen-bond acceptors (Lipinski definition) is 4. The van der Waals surface area contributed by atoms with Crippen molar-refractivity contribution < 1.29 is 4.92 Å². The van der Waals surface area contributed by atoms with Crippen molar-refractivity contribution in [3.05, 3.63) is 68.2 Å². The van der Waals surface area contributed by atoms with E-state index >= 15 is 0 Å². The lowest BCUT2D eigenvalue weighted by atomic mass is 10.1. The highest BCUT2D eigenvalue weighted by Crippen LogP contribution is 2.23. The maximum atomic E-state index is 10.8. The Hall–Kier alpha value is -2.11. The van der Waals surface area contributed by atoms with Crippen LogP contribution in [0.5, 0.6) is 0 Å². The highest BCUT2D eigenvalue weighted by Gasteiger charge is 2.07. The number of benzene rings is 2. The Morgan fingerprint density at radius 1 is 1.23 bits per heavy atom. The second kappa shape index (κ2) is 7.24. The number of nitrogens with zero attached hydrogens (tertiary/aromatic N) is 2. The predicted molar refractivity (Wildman–Crippen MR) is 90.0 cm³/mol. The van der Waals surface area contributed by atoms with Crippen LogP contribution in [0.1, 0.15) is 18.9 Å². The van der Waals surface area contributed by atoms with Crippen LogP contribution < -0.4 is 5.43 Å². The molecule has 22 heavy (non-hydrogen) atoms. The monoisotopic (exact) mass is 337 g/mol. The first-order chi connectivity index (χ1) is 10.5. The van der Waals surface area contributed by atoms with E-state index in [4.69, 9.17) is 23.2 Å². The summed E-state index contributed by atoms with van der Waals surface area (Å²) in [5.41, 5.74) is 4.99. The molecule has 0 unspecified atom stereocenters.